The molecule has 0 aromatic carbocycles. The molecule has 0 saturated heterocycles. The Hall–Kier alpha value is -2.08. The van der Waals surface area contributed by atoms with Gasteiger partial charge in [-0.15, -0.1) is 0 Å². The zero-order chi connectivity index (χ0) is 35.5. The van der Waals surface area contributed by atoms with Gasteiger partial charge in [-0.1, -0.05) is 92.2 Å². The van der Waals surface area contributed by atoms with Gasteiger partial charge in [-0.25, -0.2) is 0 Å². The molecule has 0 spiro atoms. The van der Waals surface area contributed by atoms with Crippen molar-refractivity contribution >= 4 is 0 Å². The normalized spacial score (nSPS) is 26.5. The lowest BCUT2D eigenvalue weighted by molar-refractivity contribution is 0.367. The lowest BCUT2D eigenvalue weighted by Gasteiger charge is -2.27. The lowest BCUT2D eigenvalue weighted by Crippen LogP contribution is -2.18. The van der Waals surface area contributed by atoms with Gasteiger partial charge in [-0.3, -0.25) is 0 Å². The Bertz CT molecular complexity index is 1190. The molecule has 260 valence electrons. The molecule has 2 rings (SSSR count). The van der Waals surface area contributed by atoms with Crippen LogP contribution in [-0.4, -0.2) is 0 Å². The van der Waals surface area contributed by atoms with E-state index < -0.39 is 0 Å². The quantitative estimate of drug-likeness (QED) is 0.211. The summed E-state index contributed by atoms with van der Waals surface area (Å²) in [5.74, 6) is 5.60. The fourth-order valence-electron chi connectivity index (χ4n) is 8.06. The monoisotopic (exact) mass is 629 g/mol. The Morgan fingerprint density at radius 1 is 0.435 bits per heavy atom. The third-order valence-corrected chi connectivity index (χ3v) is 10.3. The van der Waals surface area contributed by atoms with Crippen molar-refractivity contribution in [1.29, 1.82) is 0 Å². The predicted molar refractivity (Wildman–Crippen MR) is 211 cm³/mol. The van der Waals surface area contributed by atoms with Crippen LogP contribution in [0.25, 0.3) is 0 Å². The summed E-state index contributed by atoms with van der Waals surface area (Å²) in [5, 5.41) is 0. The highest BCUT2D eigenvalue weighted by molar-refractivity contribution is 5.23. The van der Waals surface area contributed by atoms with Crippen LogP contribution in [0, 0.1) is 47.3 Å². The van der Waals surface area contributed by atoms with E-state index in [2.05, 4.69) is 161 Å². The zero-order valence-electron chi connectivity index (χ0n) is 33.9. The topological polar surface area (TPSA) is 0 Å². The van der Waals surface area contributed by atoms with E-state index in [-0.39, 0.29) is 0 Å². The molecule has 0 amide bonds. The SMILES string of the molecule is CC(C)=CC1CC(C=C(C)C)C(CC(C)=C(C)C)C1C=C(C)C.CC(C)=CCC1C(C=C(C)C)CC(C=C(C)C)C1C(C)=C(C)C. The highest BCUT2D eigenvalue weighted by atomic mass is 14.5. The Morgan fingerprint density at radius 3 is 1.26 bits per heavy atom. The molecule has 0 heteroatoms. The van der Waals surface area contributed by atoms with Crippen molar-refractivity contribution in [2.75, 3.05) is 0 Å². The van der Waals surface area contributed by atoms with Crippen LogP contribution in [0.2, 0.25) is 0 Å². The summed E-state index contributed by atoms with van der Waals surface area (Å²) in [5.41, 5.74) is 14.9. The predicted octanol–water partition coefficient (Wildman–Crippen LogP) is 15.0. The van der Waals surface area contributed by atoms with Gasteiger partial charge >= 0.3 is 0 Å². The van der Waals surface area contributed by atoms with Crippen LogP contribution in [0.3, 0.4) is 0 Å². The minimum Gasteiger partial charge on any atom is -0.0856 e. The molecule has 2 fully saturated rings. The van der Waals surface area contributed by atoms with Crippen molar-refractivity contribution in [3.63, 3.8) is 0 Å². The summed E-state index contributed by atoms with van der Waals surface area (Å²) in [4.78, 5) is 0. The molecule has 0 aliphatic heterocycles. The molecule has 0 radical (unpaired) electrons. The van der Waals surface area contributed by atoms with Gasteiger partial charge in [0, 0.05) is 0 Å². The molecule has 0 N–H and O–H groups in total. The van der Waals surface area contributed by atoms with Crippen molar-refractivity contribution in [2.45, 2.75) is 150 Å². The van der Waals surface area contributed by atoms with Crippen LogP contribution in [0.5, 0.6) is 0 Å². The lowest BCUT2D eigenvalue weighted by atomic mass is 9.78. The summed E-state index contributed by atoms with van der Waals surface area (Å²) >= 11 is 0. The Balaban J connectivity index is 0.000000460. The van der Waals surface area contributed by atoms with Crippen molar-refractivity contribution < 1.29 is 0 Å². The maximum Gasteiger partial charge on any atom is -0.0103 e. The van der Waals surface area contributed by atoms with Crippen molar-refractivity contribution in [3.8, 4) is 0 Å². The molecule has 0 aromatic heterocycles. The first kappa shape index (κ1) is 41.9. The first-order valence-electron chi connectivity index (χ1n) is 18.4. The van der Waals surface area contributed by atoms with Gasteiger partial charge in [0.15, 0.2) is 0 Å². The minimum atomic E-state index is 0.671. The number of hydrogen-bond donors (Lipinski definition) is 0. The Labute approximate surface area is 289 Å². The van der Waals surface area contributed by atoms with Crippen LogP contribution >= 0.6 is 0 Å². The Morgan fingerprint density at radius 2 is 0.848 bits per heavy atom. The molecule has 0 heterocycles. The largest absolute Gasteiger partial charge is 0.0856 e. The molecule has 0 bridgehead atoms. The summed E-state index contributed by atoms with van der Waals surface area (Å²) in [6, 6.07) is 0. The van der Waals surface area contributed by atoms with Gasteiger partial charge in [0.2, 0.25) is 0 Å². The second kappa shape index (κ2) is 19.7. The van der Waals surface area contributed by atoms with Gasteiger partial charge in [0.1, 0.15) is 0 Å². The Kier molecular flexibility index (Phi) is 17.9. The minimum absolute atomic E-state index is 0.671. The molecule has 8 unspecified atom stereocenters. The number of hydrogen-bond acceptors (Lipinski definition) is 0. The van der Waals surface area contributed by atoms with Crippen molar-refractivity contribution in [3.05, 3.63) is 92.2 Å². The molecule has 46 heavy (non-hydrogen) atoms. The van der Waals surface area contributed by atoms with Crippen molar-refractivity contribution in [1.82, 2.24) is 0 Å². The molecule has 2 aliphatic rings. The van der Waals surface area contributed by atoms with E-state index in [1.54, 1.807) is 11.1 Å². The molecular weight excluding hydrogens is 553 g/mol. The average Bonchev–Trinajstić information content (AvgIpc) is 3.36. The fourth-order valence-corrected chi connectivity index (χ4v) is 8.06. The number of allylic oxidation sites excluding steroid dienone is 16. The first-order chi connectivity index (χ1) is 21.2. The second-order valence-electron chi connectivity index (χ2n) is 17.0. The van der Waals surface area contributed by atoms with Gasteiger partial charge in [0.05, 0.1) is 0 Å². The molecule has 0 aromatic rings. The summed E-state index contributed by atoms with van der Waals surface area (Å²) in [6.45, 7) is 40.6. The van der Waals surface area contributed by atoms with Gasteiger partial charge in [-0.05, 0) is 198 Å². The second-order valence-corrected chi connectivity index (χ2v) is 17.0. The third kappa shape index (κ3) is 14.0. The molecule has 8 atom stereocenters. The van der Waals surface area contributed by atoms with E-state index in [1.807, 2.05) is 0 Å². The van der Waals surface area contributed by atoms with Gasteiger partial charge in [-0.2, -0.15) is 0 Å². The van der Waals surface area contributed by atoms with Crippen LogP contribution in [-0.2, 0) is 0 Å². The molecule has 2 aliphatic carbocycles. The van der Waals surface area contributed by atoms with E-state index >= 15 is 0 Å². The first-order valence-corrected chi connectivity index (χ1v) is 18.4. The standard InChI is InChI=1S/2C23H38/c1-15(2)10-20-14-21(11-16(3)4)23(13-19(9)18(7)8)22(20)12-17(5)6;1-15(2)10-11-22-20(12-16(3)4)14-21(13-17(5)6)23(22)19(9)18(7)8/h10-12,20-23H,13-14H2,1-9H3;10,12-13,20-23H,11,14H2,1-9H3. The average molecular weight is 629 g/mol. The van der Waals surface area contributed by atoms with E-state index in [0.717, 1.165) is 11.8 Å². The maximum absolute atomic E-state index is 2.55. The van der Waals surface area contributed by atoms with Crippen LogP contribution in [0.15, 0.2) is 92.2 Å². The molecular formula is C46H76. The fraction of sp³-hybridized carbons (Fsp3) is 0.652. The highest BCUT2D eigenvalue weighted by Gasteiger charge is 2.42. The summed E-state index contributed by atoms with van der Waals surface area (Å²) in [7, 11) is 0. The van der Waals surface area contributed by atoms with E-state index in [1.165, 1.54) is 70.3 Å². The summed E-state index contributed by atoms with van der Waals surface area (Å²) in [6.07, 6.45) is 20.2. The maximum atomic E-state index is 2.55. The zero-order valence-corrected chi connectivity index (χ0v) is 33.9. The number of rotatable bonds is 10. The van der Waals surface area contributed by atoms with Crippen LogP contribution in [0.1, 0.15) is 150 Å². The van der Waals surface area contributed by atoms with E-state index in [0.29, 0.717) is 35.5 Å². The van der Waals surface area contributed by atoms with Gasteiger partial charge in [0.25, 0.3) is 0 Å². The van der Waals surface area contributed by atoms with Crippen LogP contribution < -0.4 is 0 Å². The smallest absolute Gasteiger partial charge is 0.0103 e. The van der Waals surface area contributed by atoms with Crippen molar-refractivity contribution in [2.24, 2.45) is 47.3 Å². The van der Waals surface area contributed by atoms with E-state index in [4.69, 9.17) is 0 Å². The van der Waals surface area contributed by atoms with E-state index in [9.17, 15) is 0 Å². The molecule has 0 nitrogen and oxygen atoms in total. The van der Waals surface area contributed by atoms with Crippen LogP contribution in [0.4, 0.5) is 0 Å². The molecule has 2 saturated carbocycles. The van der Waals surface area contributed by atoms with Gasteiger partial charge < -0.3 is 0 Å². The summed E-state index contributed by atoms with van der Waals surface area (Å²) < 4.78 is 0. The highest BCUT2D eigenvalue weighted by Crippen LogP contribution is 2.50. The third-order valence-electron chi connectivity index (χ3n) is 10.3.